The molecule has 0 amide bonds. The summed E-state index contributed by atoms with van der Waals surface area (Å²) in [6, 6.07) is 8.25. The van der Waals surface area contributed by atoms with E-state index in [0.717, 1.165) is 29.0 Å². The molecule has 0 bridgehead atoms. The van der Waals surface area contributed by atoms with Crippen LogP contribution in [0.25, 0.3) is 16.5 Å². The molecular weight excluding hydrogens is 318 g/mol. The van der Waals surface area contributed by atoms with Crippen molar-refractivity contribution in [2.24, 2.45) is 4.99 Å². The zero-order valence-corrected chi connectivity index (χ0v) is 15.4. The third-order valence-electron chi connectivity index (χ3n) is 4.52. The molecule has 1 aliphatic rings. The van der Waals surface area contributed by atoms with E-state index in [0.29, 0.717) is 0 Å². The highest BCUT2D eigenvalue weighted by Crippen LogP contribution is 2.28. The molecule has 1 atom stereocenters. The number of hydrogen-bond acceptors (Lipinski definition) is 2. The molecule has 2 aromatic rings. The number of H-pyrrole nitrogens is 1. The van der Waals surface area contributed by atoms with Crippen LogP contribution in [0.4, 0.5) is 0 Å². The molecule has 1 aromatic carbocycles. The van der Waals surface area contributed by atoms with E-state index in [1.165, 1.54) is 16.5 Å². The maximum Gasteiger partial charge on any atom is 0.121 e. The molecule has 132 valence electrons. The lowest BCUT2D eigenvalue weighted by atomic mass is 9.94. The number of aromatic amines is 1. The van der Waals surface area contributed by atoms with Crippen LogP contribution in [0.3, 0.4) is 0 Å². The van der Waals surface area contributed by atoms with E-state index < -0.39 is 0 Å². The minimum Gasteiger partial charge on any atom is -0.361 e. The van der Waals surface area contributed by atoms with Crippen LogP contribution in [-0.4, -0.2) is 23.4 Å². The molecule has 0 saturated carbocycles. The first-order valence-electron chi connectivity index (χ1n) is 8.79. The Hall–Kier alpha value is -3.07. The molecule has 3 heteroatoms. The van der Waals surface area contributed by atoms with Gasteiger partial charge in [0.15, 0.2) is 0 Å². The van der Waals surface area contributed by atoms with E-state index >= 15 is 0 Å². The van der Waals surface area contributed by atoms with Crippen molar-refractivity contribution in [2.45, 2.75) is 19.9 Å². The number of allylic oxidation sites excluding steroid dienone is 4. The standard InChI is InChI=1S/C23H25N3/c1-5-6-7-10-17(3)23(26-22-13-16(2)14-25-22)18(4)20-15-24-21-12-9-8-11-19(20)21/h5-13,15,23-24H,1,4,14H2,2-3H3,(H,25,26)/b7-6-,17-10+. The predicted octanol–water partition coefficient (Wildman–Crippen LogP) is 5.19. The van der Waals surface area contributed by atoms with Gasteiger partial charge in [0.2, 0.25) is 0 Å². The number of rotatable bonds is 6. The number of para-hydroxylation sites is 1. The fourth-order valence-electron chi connectivity index (χ4n) is 3.12. The number of fused-ring (bicyclic) bond motifs is 1. The third kappa shape index (κ3) is 3.77. The first-order valence-corrected chi connectivity index (χ1v) is 8.79. The largest absolute Gasteiger partial charge is 0.361 e. The smallest absolute Gasteiger partial charge is 0.121 e. The average molecular weight is 343 g/mol. The van der Waals surface area contributed by atoms with Crippen molar-refractivity contribution in [2.75, 3.05) is 6.54 Å². The number of benzene rings is 1. The van der Waals surface area contributed by atoms with Crippen molar-refractivity contribution in [1.29, 1.82) is 0 Å². The Morgan fingerprint density at radius 3 is 2.85 bits per heavy atom. The lowest BCUT2D eigenvalue weighted by Gasteiger charge is -2.22. The van der Waals surface area contributed by atoms with Gasteiger partial charge in [-0.05, 0) is 42.7 Å². The maximum atomic E-state index is 4.56. The van der Waals surface area contributed by atoms with Crippen molar-refractivity contribution in [3.63, 3.8) is 0 Å². The third-order valence-corrected chi connectivity index (χ3v) is 4.52. The minimum atomic E-state index is -0.0374. The summed E-state index contributed by atoms with van der Waals surface area (Å²) < 4.78 is 0. The van der Waals surface area contributed by atoms with E-state index in [9.17, 15) is 0 Å². The van der Waals surface area contributed by atoms with Crippen LogP contribution >= 0.6 is 0 Å². The zero-order chi connectivity index (χ0) is 18.5. The van der Waals surface area contributed by atoms with Gasteiger partial charge < -0.3 is 10.3 Å². The summed E-state index contributed by atoms with van der Waals surface area (Å²) in [5.74, 6) is 0.911. The number of amidine groups is 1. The van der Waals surface area contributed by atoms with Gasteiger partial charge in [-0.2, -0.15) is 0 Å². The summed E-state index contributed by atoms with van der Waals surface area (Å²) in [6.07, 6.45) is 11.9. The molecule has 2 heterocycles. The van der Waals surface area contributed by atoms with Crippen molar-refractivity contribution >= 4 is 22.3 Å². The normalized spacial score (nSPS) is 15.8. The quantitative estimate of drug-likeness (QED) is 0.697. The van der Waals surface area contributed by atoms with Crippen LogP contribution in [0.5, 0.6) is 0 Å². The Kier molecular flexibility index (Phi) is 5.37. The van der Waals surface area contributed by atoms with Crippen molar-refractivity contribution in [3.8, 4) is 0 Å². The van der Waals surface area contributed by atoms with E-state index in [1.54, 1.807) is 6.08 Å². The lowest BCUT2D eigenvalue weighted by molar-refractivity contribution is 0.850. The number of aromatic nitrogens is 1. The lowest BCUT2D eigenvalue weighted by Crippen LogP contribution is -2.35. The molecule has 0 fully saturated rings. The predicted molar refractivity (Wildman–Crippen MR) is 113 cm³/mol. The van der Waals surface area contributed by atoms with Gasteiger partial charge in [-0.25, -0.2) is 0 Å². The molecule has 1 aliphatic heterocycles. The summed E-state index contributed by atoms with van der Waals surface area (Å²) >= 11 is 0. The number of aliphatic imine (C=N–C) groups is 1. The van der Waals surface area contributed by atoms with Gasteiger partial charge >= 0.3 is 0 Å². The Balaban J connectivity index is 1.96. The number of nitrogens with zero attached hydrogens (tertiary/aromatic N) is 1. The molecule has 1 aromatic heterocycles. The molecule has 26 heavy (non-hydrogen) atoms. The summed E-state index contributed by atoms with van der Waals surface area (Å²) in [5, 5.41) is 4.74. The Morgan fingerprint density at radius 1 is 1.31 bits per heavy atom. The zero-order valence-electron chi connectivity index (χ0n) is 15.4. The molecule has 3 rings (SSSR count). The highest BCUT2D eigenvalue weighted by atomic mass is 15.0. The van der Waals surface area contributed by atoms with Crippen molar-refractivity contribution in [3.05, 3.63) is 90.7 Å². The molecule has 2 N–H and O–H groups in total. The van der Waals surface area contributed by atoms with Crippen LogP contribution in [0, 0.1) is 0 Å². The molecular formula is C23H25N3. The van der Waals surface area contributed by atoms with Gasteiger partial charge in [-0.3, -0.25) is 4.99 Å². The first kappa shape index (κ1) is 17.7. The summed E-state index contributed by atoms with van der Waals surface area (Å²) in [7, 11) is 0. The summed E-state index contributed by atoms with van der Waals surface area (Å²) in [4.78, 5) is 7.90. The van der Waals surface area contributed by atoms with E-state index in [1.807, 2.05) is 24.4 Å². The van der Waals surface area contributed by atoms with Crippen molar-refractivity contribution in [1.82, 2.24) is 10.3 Å². The fraction of sp³-hybridized carbons (Fsp3) is 0.174. The van der Waals surface area contributed by atoms with Gasteiger partial charge in [-0.1, -0.05) is 55.7 Å². The van der Waals surface area contributed by atoms with Gasteiger partial charge in [0.05, 0.1) is 12.6 Å². The molecule has 0 saturated heterocycles. The van der Waals surface area contributed by atoms with Gasteiger partial charge in [0.1, 0.15) is 5.84 Å². The number of hydrogen-bond donors (Lipinski definition) is 2. The van der Waals surface area contributed by atoms with E-state index in [2.05, 4.69) is 72.6 Å². The second-order valence-electron chi connectivity index (χ2n) is 6.57. The molecule has 0 radical (unpaired) electrons. The Bertz CT molecular complexity index is 951. The SMILES string of the molecule is C=C/C=C\C=C(/C)C(NC1=NCC(C)=C1)C(=C)c1c[nH]c2ccccc12. The fourth-order valence-corrected chi connectivity index (χ4v) is 3.12. The minimum absolute atomic E-state index is 0.0374. The van der Waals surface area contributed by atoms with Crippen molar-refractivity contribution < 1.29 is 0 Å². The van der Waals surface area contributed by atoms with E-state index in [4.69, 9.17) is 0 Å². The first-order chi connectivity index (χ1) is 12.6. The summed E-state index contributed by atoms with van der Waals surface area (Å²) in [6.45, 7) is 13.1. The highest BCUT2D eigenvalue weighted by Gasteiger charge is 2.20. The van der Waals surface area contributed by atoms with Gasteiger partial charge in [0, 0.05) is 22.7 Å². The van der Waals surface area contributed by atoms with Crippen LogP contribution < -0.4 is 5.32 Å². The Morgan fingerprint density at radius 2 is 2.12 bits per heavy atom. The topological polar surface area (TPSA) is 40.2 Å². The maximum absolute atomic E-state index is 4.56. The molecule has 0 aliphatic carbocycles. The van der Waals surface area contributed by atoms with Crippen LogP contribution in [0.1, 0.15) is 19.4 Å². The van der Waals surface area contributed by atoms with Gasteiger partial charge in [-0.15, -0.1) is 0 Å². The van der Waals surface area contributed by atoms with Crippen LogP contribution in [0.2, 0.25) is 0 Å². The van der Waals surface area contributed by atoms with Crippen LogP contribution in [0.15, 0.2) is 90.1 Å². The van der Waals surface area contributed by atoms with Crippen LogP contribution in [-0.2, 0) is 0 Å². The monoisotopic (exact) mass is 343 g/mol. The Labute approximate surface area is 155 Å². The van der Waals surface area contributed by atoms with Gasteiger partial charge in [0.25, 0.3) is 0 Å². The molecule has 1 unspecified atom stereocenters. The number of nitrogens with one attached hydrogen (secondary N) is 2. The van der Waals surface area contributed by atoms with E-state index in [-0.39, 0.29) is 6.04 Å². The molecule has 3 nitrogen and oxygen atoms in total. The second kappa shape index (κ2) is 7.87. The highest BCUT2D eigenvalue weighted by molar-refractivity contribution is 5.99. The average Bonchev–Trinajstić information content (AvgIpc) is 3.25. The molecule has 0 spiro atoms. The summed E-state index contributed by atoms with van der Waals surface area (Å²) in [5.41, 5.74) is 5.68. The second-order valence-corrected chi connectivity index (χ2v) is 6.57.